The van der Waals surface area contributed by atoms with Crippen molar-refractivity contribution in [2.45, 2.75) is 13.0 Å². The molecule has 0 aliphatic rings. The fourth-order valence-corrected chi connectivity index (χ4v) is 1.86. The van der Waals surface area contributed by atoms with Gasteiger partial charge in [0, 0.05) is 11.8 Å². The van der Waals surface area contributed by atoms with E-state index in [1.54, 1.807) is 0 Å². The number of hydrogen-bond donors (Lipinski definition) is 1. The van der Waals surface area contributed by atoms with Crippen molar-refractivity contribution in [1.29, 1.82) is 0 Å². The van der Waals surface area contributed by atoms with Crippen molar-refractivity contribution in [3.63, 3.8) is 0 Å². The monoisotopic (exact) mass is 332 g/mol. The number of esters is 1. The Morgan fingerprint density at radius 2 is 1.79 bits per heavy atom. The summed E-state index contributed by atoms with van der Waals surface area (Å²) in [6.07, 6.45) is -1.19. The van der Waals surface area contributed by atoms with E-state index in [4.69, 9.17) is 4.74 Å². The molecule has 0 spiro atoms. The Balaban J connectivity index is 2.04. The van der Waals surface area contributed by atoms with Crippen LogP contribution in [-0.2, 0) is 9.53 Å². The second-order valence-corrected chi connectivity index (χ2v) is 4.82. The van der Waals surface area contributed by atoms with Gasteiger partial charge in [-0.2, -0.15) is 0 Å². The van der Waals surface area contributed by atoms with E-state index >= 15 is 0 Å². The number of hydrogen-bond acceptors (Lipinski definition) is 5. The molecule has 8 heteroatoms. The van der Waals surface area contributed by atoms with Gasteiger partial charge in [-0.25, -0.2) is 9.18 Å². The highest BCUT2D eigenvalue weighted by atomic mass is 19.1. The van der Waals surface area contributed by atoms with Gasteiger partial charge in [-0.15, -0.1) is 0 Å². The standard InChI is InChI=1S/C16H13FN2O5/c1-10(15(20)18-12-8-6-11(17)7-9-12)24-16(21)13-4-2-3-5-14(13)19(22)23/h2-10H,1H3,(H,18,20)/t10-/m0/s1. The van der Waals surface area contributed by atoms with Gasteiger partial charge in [0.2, 0.25) is 0 Å². The van der Waals surface area contributed by atoms with Crippen molar-refractivity contribution >= 4 is 23.3 Å². The average molecular weight is 332 g/mol. The molecular formula is C16H13FN2O5. The molecule has 0 aliphatic heterocycles. The number of nitrogens with one attached hydrogen (secondary N) is 1. The lowest BCUT2D eigenvalue weighted by Crippen LogP contribution is -2.30. The van der Waals surface area contributed by atoms with Crippen molar-refractivity contribution < 1.29 is 23.6 Å². The van der Waals surface area contributed by atoms with Gasteiger partial charge in [0.05, 0.1) is 4.92 Å². The van der Waals surface area contributed by atoms with Crippen LogP contribution in [-0.4, -0.2) is 22.9 Å². The van der Waals surface area contributed by atoms with E-state index in [-0.39, 0.29) is 5.56 Å². The Hall–Kier alpha value is -3.29. The molecule has 2 aromatic carbocycles. The minimum Gasteiger partial charge on any atom is -0.449 e. The number of halogens is 1. The molecule has 0 bridgehead atoms. The summed E-state index contributed by atoms with van der Waals surface area (Å²) in [6, 6.07) is 10.3. The van der Waals surface area contributed by atoms with Crippen LogP contribution in [0.5, 0.6) is 0 Å². The van der Waals surface area contributed by atoms with Gasteiger partial charge in [-0.1, -0.05) is 12.1 Å². The van der Waals surface area contributed by atoms with Crippen LogP contribution < -0.4 is 5.32 Å². The number of benzene rings is 2. The molecule has 0 aromatic heterocycles. The fraction of sp³-hybridized carbons (Fsp3) is 0.125. The molecule has 2 aromatic rings. The van der Waals surface area contributed by atoms with Crippen molar-refractivity contribution in [3.8, 4) is 0 Å². The molecule has 1 N–H and O–H groups in total. The Labute approximate surface area is 136 Å². The Morgan fingerprint density at radius 3 is 2.42 bits per heavy atom. The highest BCUT2D eigenvalue weighted by molar-refractivity contribution is 5.98. The number of amides is 1. The number of carbonyl (C=O) groups is 2. The summed E-state index contributed by atoms with van der Waals surface area (Å²) in [5.41, 5.74) is -0.326. The maximum atomic E-state index is 12.8. The molecule has 1 atom stereocenters. The lowest BCUT2D eigenvalue weighted by Gasteiger charge is -2.13. The summed E-state index contributed by atoms with van der Waals surface area (Å²) in [5, 5.41) is 13.3. The van der Waals surface area contributed by atoms with E-state index in [0.29, 0.717) is 5.69 Å². The van der Waals surface area contributed by atoms with Crippen LogP contribution in [0.1, 0.15) is 17.3 Å². The summed E-state index contributed by atoms with van der Waals surface area (Å²) in [4.78, 5) is 34.2. The molecule has 0 unspecified atom stereocenters. The van der Waals surface area contributed by atoms with Gasteiger partial charge in [-0.05, 0) is 37.3 Å². The third kappa shape index (κ3) is 4.13. The zero-order valence-corrected chi connectivity index (χ0v) is 12.6. The van der Waals surface area contributed by atoms with Crippen LogP contribution in [0.3, 0.4) is 0 Å². The van der Waals surface area contributed by atoms with E-state index in [9.17, 15) is 24.1 Å². The largest absolute Gasteiger partial charge is 0.449 e. The average Bonchev–Trinajstić information content (AvgIpc) is 2.56. The molecule has 0 saturated carbocycles. The first-order chi connectivity index (χ1) is 11.4. The van der Waals surface area contributed by atoms with Gasteiger partial charge in [0.15, 0.2) is 6.10 Å². The maximum absolute atomic E-state index is 12.8. The minimum absolute atomic E-state index is 0.246. The van der Waals surface area contributed by atoms with Crippen LogP contribution >= 0.6 is 0 Å². The molecule has 0 radical (unpaired) electrons. The topological polar surface area (TPSA) is 98.5 Å². The molecule has 0 aliphatic carbocycles. The lowest BCUT2D eigenvalue weighted by molar-refractivity contribution is -0.385. The molecule has 0 fully saturated rings. The highest BCUT2D eigenvalue weighted by Crippen LogP contribution is 2.19. The molecular weight excluding hydrogens is 319 g/mol. The molecule has 1 amide bonds. The molecule has 7 nitrogen and oxygen atoms in total. The first-order valence-corrected chi connectivity index (χ1v) is 6.89. The van der Waals surface area contributed by atoms with E-state index in [1.165, 1.54) is 55.5 Å². The smallest absolute Gasteiger partial charge is 0.345 e. The summed E-state index contributed by atoms with van der Waals surface area (Å²) >= 11 is 0. The van der Waals surface area contributed by atoms with Crippen LogP contribution in [0.4, 0.5) is 15.8 Å². The number of para-hydroxylation sites is 1. The summed E-state index contributed by atoms with van der Waals surface area (Å²) in [7, 11) is 0. The first kappa shape index (κ1) is 17.1. The van der Waals surface area contributed by atoms with E-state index in [2.05, 4.69) is 5.32 Å². The van der Waals surface area contributed by atoms with Crippen molar-refractivity contribution in [2.24, 2.45) is 0 Å². The number of rotatable bonds is 5. The SMILES string of the molecule is C[C@H](OC(=O)c1ccccc1[N+](=O)[O-])C(=O)Nc1ccc(F)cc1. The number of ether oxygens (including phenoxy) is 1. The van der Waals surface area contributed by atoms with Crippen LogP contribution in [0.25, 0.3) is 0 Å². The Kier molecular flexibility index (Phi) is 5.20. The third-order valence-corrected chi connectivity index (χ3v) is 3.09. The molecule has 2 rings (SSSR count). The molecule has 0 saturated heterocycles. The van der Waals surface area contributed by atoms with E-state index < -0.39 is 34.4 Å². The van der Waals surface area contributed by atoms with Gasteiger partial charge in [-0.3, -0.25) is 14.9 Å². The van der Waals surface area contributed by atoms with E-state index in [0.717, 1.165) is 0 Å². The molecule has 24 heavy (non-hydrogen) atoms. The quantitative estimate of drug-likeness (QED) is 0.515. The van der Waals surface area contributed by atoms with Crippen molar-refractivity contribution in [3.05, 3.63) is 70.0 Å². The second-order valence-electron chi connectivity index (χ2n) is 4.82. The third-order valence-electron chi connectivity index (χ3n) is 3.09. The van der Waals surface area contributed by atoms with Crippen molar-refractivity contribution in [1.82, 2.24) is 0 Å². The predicted octanol–water partition coefficient (Wildman–Crippen LogP) is 2.92. The summed E-state index contributed by atoms with van der Waals surface area (Å²) in [6.45, 7) is 1.32. The number of anilines is 1. The number of nitro benzene ring substituents is 1. The van der Waals surface area contributed by atoms with Gasteiger partial charge in [0.25, 0.3) is 11.6 Å². The zero-order valence-electron chi connectivity index (χ0n) is 12.6. The summed E-state index contributed by atoms with van der Waals surface area (Å²) < 4.78 is 17.8. The Bertz CT molecular complexity index is 776. The van der Waals surface area contributed by atoms with Gasteiger partial charge in [0.1, 0.15) is 11.4 Å². The van der Waals surface area contributed by atoms with Crippen LogP contribution in [0.15, 0.2) is 48.5 Å². The zero-order chi connectivity index (χ0) is 17.7. The number of nitrogens with zero attached hydrogens (tertiary/aromatic N) is 1. The number of nitro groups is 1. The molecule has 0 heterocycles. The second kappa shape index (κ2) is 7.32. The minimum atomic E-state index is -1.19. The van der Waals surface area contributed by atoms with Gasteiger partial charge >= 0.3 is 5.97 Å². The number of carbonyl (C=O) groups excluding carboxylic acids is 2. The van der Waals surface area contributed by atoms with Crippen LogP contribution in [0.2, 0.25) is 0 Å². The predicted molar refractivity (Wildman–Crippen MR) is 83.0 cm³/mol. The Morgan fingerprint density at radius 1 is 1.17 bits per heavy atom. The first-order valence-electron chi connectivity index (χ1n) is 6.89. The molecule has 124 valence electrons. The van der Waals surface area contributed by atoms with Crippen LogP contribution in [0, 0.1) is 15.9 Å². The van der Waals surface area contributed by atoms with Gasteiger partial charge < -0.3 is 10.1 Å². The van der Waals surface area contributed by atoms with E-state index in [1.807, 2.05) is 0 Å². The fourth-order valence-electron chi connectivity index (χ4n) is 1.86. The summed E-state index contributed by atoms with van der Waals surface area (Å²) in [5.74, 6) is -2.08. The normalized spacial score (nSPS) is 11.4. The highest BCUT2D eigenvalue weighted by Gasteiger charge is 2.24. The van der Waals surface area contributed by atoms with Crippen molar-refractivity contribution in [2.75, 3.05) is 5.32 Å². The lowest BCUT2D eigenvalue weighted by atomic mass is 10.2. The maximum Gasteiger partial charge on any atom is 0.345 e.